The minimum absolute atomic E-state index is 0.0152. The molecule has 2 atom stereocenters. The molecule has 1 heterocycles. The molecule has 5 heteroatoms. The number of carbonyl (C=O) groups excluding carboxylic acids is 1. The lowest BCUT2D eigenvalue weighted by atomic mass is 10.1. The Kier molecular flexibility index (Phi) is 5.36. The number of amides is 1. The van der Waals surface area contributed by atoms with Gasteiger partial charge in [-0.3, -0.25) is 4.79 Å². The third kappa shape index (κ3) is 3.97. The molecule has 2 unspecified atom stereocenters. The van der Waals surface area contributed by atoms with E-state index in [1.54, 1.807) is 19.1 Å². The first-order valence-corrected chi connectivity index (χ1v) is 5.54. The molecule has 1 aliphatic heterocycles. The number of hydrogen-bond acceptors (Lipinski definition) is 3. The van der Waals surface area contributed by atoms with Gasteiger partial charge in [-0.1, -0.05) is 0 Å². The molecule has 0 aliphatic carbocycles. The fourth-order valence-electron chi connectivity index (χ4n) is 1.66. The number of carbonyl (C=O) groups is 1. The predicted molar refractivity (Wildman–Crippen MR) is 58.1 cm³/mol. The van der Waals surface area contributed by atoms with Crippen LogP contribution in [0.25, 0.3) is 0 Å². The number of nitrogens with zero attached hydrogens (tertiary/aromatic N) is 1. The summed E-state index contributed by atoms with van der Waals surface area (Å²) in [5.74, 6) is 0.135. The molecule has 15 heavy (non-hydrogen) atoms. The molecule has 0 spiro atoms. The molecule has 0 N–H and O–H groups in total. The summed E-state index contributed by atoms with van der Waals surface area (Å²) in [6.45, 7) is 2.21. The van der Waals surface area contributed by atoms with Crippen LogP contribution in [0, 0.1) is 5.92 Å². The number of alkyl halides is 1. The maximum absolute atomic E-state index is 11.8. The Morgan fingerprint density at radius 2 is 2.47 bits per heavy atom. The monoisotopic (exact) mass is 235 g/mol. The summed E-state index contributed by atoms with van der Waals surface area (Å²) in [6.07, 6.45) is 0.820. The first-order chi connectivity index (χ1) is 7.15. The van der Waals surface area contributed by atoms with Crippen molar-refractivity contribution in [2.24, 2.45) is 5.92 Å². The summed E-state index contributed by atoms with van der Waals surface area (Å²) < 4.78 is 10.1. The molecule has 0 aromatic heterocycles. The zero-order valence-corrected chi connectivity index (χ0v) is 10.00. The van der Waals surface area contributed by atoms with Crippen LogP contribution < -0.4 is 0 Å². The van der Waals surface area contributed by atoms with Gasteiger partial charge in [-0.2, -0.15) is 0 Å². The van der Waals surface area contributed by atoms with Crippen molar-refractivity contribution in [3.8, 4) is 0 Å². The molecule has 1 rings (SSSR count). The maximum Gasteiger partial charge on any atom is 0.227 e. The van der Waals surface area contributed by atoms with Crippen molar-refractivity contribution < 1.29 is 14.3 Å². The second kappa shape index (κ2) is 6.30. The van der Waals surface area contributed by atoms with E-state index < -0.39 is 0 Å². The average molecular weight is 236 g/mol. The minimum atomic E-state index is -0.147. The summed E-state index contributed by atoms with van der Waals surface area (Å²) in [5, 5.41) is -0.147. The third-order valence-corrected chi connectivity index (χ3v) is 2.74. The van der Waals surface area contributed by atoms with Crippen LogP contribution in [0.2, 0.25) is 0 Å². The van der Waals surface area contributed by atoms with E-state index in [9.17, 15) is 4.79 Å². The maximum atomic E-state index is 11.8. The highest BCUT2D eigenvalue weighted by Gasteiger charge is 2.26. The van der Waals surface area contributed by atoms with Crippen molar-refractivity contribution in [2.75, 3.05) is 40.5 Å². The van der Waals surface area contributed by atoms with Gasteiger partial charge in [-0.25, -0.2) is 0 Å². The van der Waals surface area contributed by atoms with Crippen molar-refractivity contribution in [2.45, 2.75) is 11.8 Å². The van der Waals surface area contributed by atoms with E-state index in [-0.39, 0.29) is 17.2 Å². The number of hydrogen-bond donors (Lipinski definition) is 0. The first kappa shape index (κ1) is 12.7. The van der Waals surface area contributed by atoms with E-state index in [0.29, 0.717) is 26.4 Å². The lowest BCUT2D eigenvalue weighted by molar-refractivity contribution is -0.134. The van der Waals surface area contributed by atoms with Crippen LogP contribution in [0.1, 0.15) is 6.42 Å². The Morgan fingerprint density at radius 1 is 1.73 bits per heavy atom. The molecule has 0 saturated carbocycles. The number of rotatable bonds is 5. The van der Waals surface area contributed by atoms with Crippen molar-refractivity contribution in [1.82, 2.24) is 4.90 Å². The fourth-order valence-corrected chi connectivity index (χ4v) is 1.99. The van der Waals surface area contributed by atoms with E-state index >= 15 is 0 Å². The molecule has 0 radical (unpaired) electrons. The molecule has 0 aromatic rings. The van der Waals surface area contributed by atoms with Crippen molar-refractivity contribution in [3.05, 3.63) is 0 Å². The molecule has 0 aromatic carbocycles. The summed E-state index contributed by atoms with van der Waals surface area (Å²) in [4.78, 5) is 13.5. The van der Waals surface area contributed by atoms with E-state index in [4.69, 9.17) is 21.1 Å². The minimum Gasteiger partial charge on any atom is -0.383 e. The van der Waals surface area contributed by atoms with Gasteiger partial charge >= 0.3 is 0 Å². The molecule has 1 aliphatic rings. The Hall–Kier alpha value is -0.320. The number of halogens is 1. The Balaban J connectivity index is 2.31. The zero-order valence-electron chi connectivity index (χ0n) is 9.24. The highest BCUT2D eigenvalue weighted by atomic mass is 35.5. The highest BCUT2D eigenvalue weighted by molar-refractivity contribution is 6.21. The van der Waals surface area contributed by atoms with Gasteiger partial charge in [0.1, 0.15) is 0 Å². The lowest BCUT2D eigenvalue weighted by Crippen LogP contribution is -2.38. The second-order valence-corrected chi connectivity index (χ2v) is 4.45. The van der Waals surface area contributed by atoms with Gasteiger partial charge in [0.05, 0.1) is 24.5 Å². The van der Waals surface area contributed by atoms with E-state index in [2.05, 4.69) is 0 Å². The van der Waals surface area contributed by atoms with Crippen LogP contribution in [-0.2, 0) is 14.3 Å². The molecule has 1 saturated heterocycles. The number of ether oxygens (including phenoxy) is 2. The predicted octanol–water partition coefficient (Wildman–Crippen LogP) is 0.735. The van der Waals surface area contributed by atoms with Crippen molar-refractivity contribution >= 4 is 17.5 Å². The van der Waals surface area contributed by atoms with Crippen molar-refractivity contribution in [3.63, 3.8) is 0 Å². The Labute approximate surface area is 95.5 Å². The summed E-state index contributed by atoms with van der Waals surface area (Å²) in [7, 11) is 3.37. The van der Waals surface area contributed by atoms with Crippen LogP contribution in [0.4, 0.5) is 0 Å². The van der Waals surface area contributed by atoms with Gasteiger partial charge in [0, 0.05) is 27.3 Å². The van der Waals surface area contributed by atoms with Gasteiger partial charge in [0.2, 0.25) is 5.91 Å². The van der Waals surface area contributed by atoms with Gasteiger partial charge in [-0.05, 0) is 6.42 Å². The standard InChI is InChI=1S/C10H18ClNO3/c1-12(5-9(11)7-14-2)10(13)8-3-4-15-6-8/h8-9H,3-7H2,1-2H3. The first-order valence-electron chi connectivity index (χ1n) is 5.11. The summed E-state index contributed by atoms with van der Waals surface area (Å²) >= 11 is 5.98. The van der Waals surface area contributed by atoms with Gasteiger partial charge in [0.25, 0.3) is 0 Å². The summed E-state index contributed by atoms with van der Waals surface area (Å²) in [6, 6.07) is 0. The Bertz CT molecular complexity index is 207. The van der Waals surface area contributed by atoms with E-state index in [0.717, 1.165) is 6.42 Å². The van der Waals surface area contributed by atoms with Crippen LogP contribution in [-0.4, -0.2) is 56.7 Å². The van der Waals surface area contributed by atoms with Gasteiger partial charge in [0.15, 0.2) is 0 Å². The van der Waals surface area contributed by atoms with E-state index in [1.165, 1.54) is 0 Å². The van der Waals surface area contributed by atoms with Crippen LogP contribution in [0.15, 0.2) is 0 Å². The summed E-state index contributed by atoms with van der Waals surface area (Å²) in [5.41, 5.74) is 0. The third-order valence-electron chi connectivity index (χ3n) is 2.47. The van der Waals surface area contributed by atoms with Gasteiger partial charge < -0.3 is 14.4 Å². The average Bonchev–Trinajstić information content (AvgIpc) is 2.69. The molecule has 1 amide bonds. The fraction of sp³-hybridized carbons (Fsp3) is 0.900. The zero-order chi connectivity index (χ0) is 11.3. The molecule has 0 bridgehead atoms. The van der Waals surface area contributed by atoms with Crippen LogP contribution in [0.3, 0.4) is 0 Å². The quantitative estimate of drug-likeness (QED) is 0.660. The van der Waals surface area contributed by atoms with Crippen LogP contribution >= 0.6 is 11.6 Å². The normalized spacial score (nSPS) is 22.7. The SMILES string of the molecule is COCC(Cl)CN(C)C(=O)C1CCOC1. The van der Waals surface area contributed by atoms with Gasteiger partial charge in [-0.15, -0.1) is 11.6 Å². The smallest absolute Gasteiger partial charge is 0.227 e. The number of methoxy groups -OCH3 is 1. The topological polar surface area (TPSA) is 38.8 Å². The second-order valence-electron chi connectivity index (χ2n) is 3.83. The largest absolute Gasteiger partial charge is 0.383 e. The van der Waals surface area contributed by atoms with Crippen molar-refractivity contribution in [1.29, 1.82) is 0 Å². The van der Waals surface area contributed by atoms with E-state index in [1.807, 2.05) is 0 Å². The molecule has 88 valence electrons. The molecular formula is C10H18ClNO3. The molecule has 4 nitrogen and oxygen atoms in total. The van der Waals surface area contributed by atoms with Crippen LogP contribution in [0.5, 0.6) is 0 Å². The molecule has 1 fully saturated rings. The Morgan fingerprint density at radius 3 is 3.00 bits per heavy atom. The lowest BCUT2D eigenvalue weighted by Gasteiger charge is -2.22. The molecular weight excluding hydrogens is 218 g/mol. The highest BCUT2D eigenvalue weighted by Crippen LogP contribution is 2.15.